The summed E-state index contributed by atoms with van der Waals surface area (Å²) in [6.45, 7) is 7.93. The van der Waals surface area contributed by atoms with Crippen LogP contribution >= 0.6 is 0 Å². The summed E-state index contributed by atoms with van der Waals surface area (Å²) in [6.07, 6.45) is 4.02. The molecule has 0 bridgehead atoms. The molecule has 0 atom stereocenters. The molecular weight excluding hydrogens is 314 g/mol. The van der Waals surface area contributed by atoms with Gasteiger partial charge in [0.1, 0.15) is 0 Å². The largest absolute Gasteiger partial charge is 0.342 e. The summed E-state index contributed by atoms with van der Waals surface area (Å²) in [5.74, 6) is 0.509. The highest BCUT2D eigenvalue weighted by molar-refractivity contribution is 5.93. The molecule has 2 fully saturated rings. The number of likely N-dealkylation sites (tertiary alicyclic amines) is 2. The number of hydrogen-bond donors (Lipinski definition) is 1. The van der Waals surface area contributed by atoms with Gasteiger partial charge in [0.05, 0.1) is 6.54 Å². The van der Waals surface area contributed by atoms with E-state index in [1.807, 2.05) is 36.9 Å². The predicted octanol–water partition coefficient (Wildman–Crippen LogP) is 2.58. The standard InChI is InChI=1S/C20H29N3O2/c1-15-6-5-7-16(2)19(15)21-18(24)14-22-12-8-17(9-13-22)20(25)23-10-3-4-11-23/h5-7,17H,3-4,8-14H2,1-2H3,(H,21,24). The SMILES string of the molecule is Cc1cccc(C)c1NC(=O)CN1CCC(C(=O)N2CCCC2)CC1. The van der Waals surface area contributed by atoms with Crippen LogP contribution in [0.4, 0.5) is 5.69 Å². The summed E-state index contributed by atoms with van der Waals surface area (Å²) < 4.78 is 0. The van der Waals surface area contributed by atoms with E-state index in [1.165, 1.54) is 0 Å². The van der Waals surface area contributed by atoms with E-state index in [9.17, 15) is 9.59 Å². The Morgan fingerprint density at radius 1 is 1.04 bits per heavy atom. The first-order valence-corrected chi connectivity index (χ1v) is 9.42. The Labute approximate surface area is 150 Å². The molecule has 2 heterocycles. The molecule has 2 amide bonds. The van der Waals surface area contributed by atoms with Crippen molar-refractivity contribution in [2.24, 2.45) is 5.92 Å². The minimum absolute atomic E-state index is 0.0294. The van der Waals surface area contributed by atoms with Gasteiger partial charge in [-0.3, -0.25) is 14.5 Å². The van der Waals surface area contributed by atoms with E-state index >= 15 is 0 Å². The second kappa shape index (κ2) is 8.00. The molecule has 5 heteroatoms. The lowest BCUT2D eigenvalue weighted by Crippen LogP contribution is -2.44. The molecular formula is C20H29N3O2. The minimum Gasteiger partial charge on any atom is -0.342 e. The van der Waals surface area contributed by atoms with Gasteiger partial charge in [0.15, 0.2) is 0 Å². The smallest absolute Gasteiger partial charge is 0.238 e. The van der Waals surface area contributed by atoms with Crippen LogP contribution in [0.15, 0.2) is 18.2 Å². The molecule has 3 rings (SSSR count). The number of aryl methyl sites for hydroxylation is 2. The number of nitrogens with zero attached hydrogens (tertiary/aromatic N) is 2. The molecule has 1 N–H and O–H groups in total. The fourth-order valence-electron chi connectivity index (χ4n) is 3.93. The van der Waals surface area contributed by atoms with Crippen LogP contribution in [0.3, 0.4) is 0 Å². The van der Waals surface area contributed by atoms with E-state index in [2.05, 4.69) is 10.2 Å². The molecule has 1 aromatic rings. The van der Waals surface area contributed by atoms with Gasteiger partial charge in [-0.05, 0) is 63.7 Å². The maximum atomic E-state index is 12.5. The summed E-state index contributed by atoms with van der Waals surface area (Å²) >= 11 is 0. The van der Waals surface area contributed by atoms with E-state index in [0.717, 1.165) is 68.7 Å². The summed E-state index contributed by atoms with van der Waals surface area (Å²) in [4.78, 5) is 29.0. The van der Waals surface area contributed by atoms with Gasteiger partial charge >= 0.3 is 0 Å². The number of nitrogens with one attached hydrogen (secondary N) is 1. The Hall–Kier alpha value is -1.88. The van der Waals surface area contributed by atoms with Crippen molar-refractivity contribution in [1.82, 2.24) is 9.80 Å². The van der Waals surface area contributed by atoms with Crippen LogP contribution in [-0.2, 0) is 9.59 Å². The molecule has 0 spiro atoms. The molecule has 0 saturated carbocycles. The summed E-state index contributed by atoms with van der Waals surface area (Å²) in [7, 11) is 0. The van der Waals surface area contributed by atoms with Gasteiger partial charge in [0.2, 0.25) is 11.8 Å². The van der Waals surface area contributed by atoms with Crippen LogP contribution in [-0.4, -0.2) is 54.3 Å². The fourth-order valence-corrected chi connectivity index (χ4v) is 3.93. The zero-order valence-corrected chi connectivity index (χ0v) is 15.4. The normalized spacial score (nSPS) is 19.2. The number of benzene rings is 1. The highest BCUT2D eigenvalue weighted by Gasteiger charge is 2.30. The molecule has 0 aliphatic carbocycles. The number of amides is 2. The maximum Gasteiger partial charge on any atom is 0.238 e. The van der Waals surface area contributed by atoms with Gasteiger partial charge in [-0.25, -0.2) is 0 Å². The zero-order valence-electron chi connectivity index (χ0n) is 15.4. The zero-order chi connectivity index (χ0) is 17.8. The van der Waals surface area contributed by atoms with Crippen molar-refractivity contribution in [2.75, 3.05) is 38.0 Å². The van der Waals surface area contributed by atoms with Crippen LogP contribution in [0.2, 0.25) is 0 Å². The predicted molar refractivity (Wildman–Crippen MR) is 99.5 cm³/mol. The Morgan fingerprint density at radius 3 is 2.24 bits per heavy atom. The monoisotopic (exact) mass is 343 g/mol. The van der Waals surface area contributed by atoms with Crippen LogP contribution in [0.1, 0.15) is 36.8 Å². The topological polar surface area (TPSA) is 52.7 Å². The van der Waals surface area contributed by atoms with Crippen LogP contribution < -0.4 is 5.32 Å². The third kappa shape index (κ3) is 4.40. The van der Waals surface area contributed by atoms with Gasteiger partial charge in [-0.1, -0.05) is 18.2 Å². The molecule has 0 aromatic heterocycles. The van der Waals surface area contributed by atoms with E-state index < -0.39 is 0 Å². The highest BCUT2D eigenvalue weighted by Crippen LogP contribution is 2.23. The number of piperidine rings is 1. The Kier molecular flexibility index (Phi) is 5.74. The van der Waals surface area contributed by atoms with Gasteiger partial charge < -0.3 is 10.2 Å². The Balaban J connectivity index is 1.47. The van der Waals surface area contributed by atoms with Crippen LogP contribution in [0.25, 0.3) is 0 Å². The van der Waals surface area contributed by atoms with E-state index in [1.54, 1.807) is 0 Å². The first-order valence-electron chi connectivity index (χ1n) is 9.42. The quantitative estimate of drug-likeness (QED) is 0.914. The van der Waals surface area contributed by atoms with E-state index in [0.29, 0.717) is 12.5 Å². The van der Waals surface area contributed by atoms with Crippen molar-refractivity contribution in [3.8, 4) is 0 Å². The van der Waals surface area contributed by atoms with Gasteiger partial charge in [-0.15, -0.1) is 0 Å². The third-order valence-electron chi connectivity index (χ3n) is 5.47. The lowest BCUT2D eigenvalue weighted by molar-refractivity contribution is -0.136. The molecule has 1 aromatic carbocycles. The summed E-state index contributed by atoms with van der Waals surface area (Å²) in [5.41, 5.74) is 3.10. The molecule has 136 valence electrons. The van der Waals surface area contributed by atoms with Crippen molar-refractivity contribution in [2.45, 2.75) is 39.5 Å². The van der Waals surface area contributed by atoms with Crippen molar-refractivity contribution >= 4 is 17.5 Å². The second-order valence-electron chi connectivity index (χ2n) is 7.40. The lowest BCUT2D eigenvalue weighted by atomic mass is 9.95. The van der Waals surface area contributed by atoms with E-state index in [4.69, 9.17) is 0 Å². The molecule has 0 radical (unpaired) electrons. The number of hydrogen-bond acceptors (Lipinski definition) is 3. The third-order valence-corrected chi connectivity index (χ3v) is 5.47. The number of para-hydroxylation sites is 1. The number of anilines is 1. The average Bonchev–Trinajstić information content (AvgIpc) is 3.13. The lowest BCUT2D eigenvalue weighted by Gasteiger charge is -2.32. The second-order valence-corrected chi connectivity index (χ2v) is 7.40. The number of carbonyl (C=O) groups is 2. The van der Waals surface area contributed by atoms with E-state index in [-0.39, 0.29) is 11.8 Å². The molecule has 2 aliphatic heterocycles. The fraction of sp³-hybridized carbons (Fsp3) is 0.600. The van der Waals surface area contributed by atoms with Crippen LogP contribution in [0, 0.1) is 19.8 Å². The minimum atomic E-state index is 0.0294. The number of carbonyl (C=O) groups excluding carboxylic acids is 2. The van der Waals surface area contributed by atoms with Crippen LogP contribution in [0.5, 0.6) is 0 Å². The average molecular weight is 343 g/mol. The maximum absolute atomic E-state index is 12.5. The molecule has 0 unspecified atom stereocenters. The van der Waals surface area contributed by atoms with Gasteiger partial charge in [-0.2, -0.15) is 0 Å². The molecule has 5 nitrogen and oxygen atoms in total. The van der Waals surface area contributed by atoms with Gasteiger partial charge in [0, 0.05) is 24.7 Å². The number of rotatable bonds is 4. The Bertz CT molecular complexity index is 610. The molecule has 2 saturated heterocycles. The van der Waals surface area contributed by atoms with Crippen molar-refractivity contribution in [3.63, 3.8) is 0 Å². The van der Waals surface area contributed by atoms with Crippen molar-refractivity contribution in [3.05, 3.63) is 29.3 Å². The Morgan fingerprint density at radius 2 is 1.64 bits per heavy atom. The summed E-state index contributed by atoms with van der Waals surface area (Å²) in [6, 6.07) is 6.03. The highest BCUT2D eigenvalue weighted by atomic mass is 16.2. The van der Waals surface area contributed by atoms with Crippen molar-refractivity contribution in [1.29, 1.82) is 0 Å². The van der Waals surface area contributed by atoms with Crippen molar-refractivity contribution < 1.29 is 9.59 Å². The molecule has 2 aliphatic rings. The summed E-state index contributed by atoms with van der Waals surface area (Å²) in [5, 5.41) is 3.05. The van der Waals surface area contributed by atoms with Gasteiger partial charge in [0.25, 0.3) is 0 Å². The molecule has 25 heavy (non-hydrogen) atoms. The first kappa shape index (κ1) is 17.9. The first-order chi connectivity index (χ1) is 12.0.